The summed E-state index contributed by atoms with van der Waals surface area (Å²) in [4.78, 5) is 2.23. The van der Waals surface area contributed by atoms with Crippen LogP contribution in [0.4, 0.5) is 0 Å². The zero-order chi connectivity index (χ0) is 13.8. The Balaban J connectivity index is 1.93. The number of hydrogen-bond donors (Lipinski definition) is 2. The van der Waals surface area contributed by atoms with Crippen molar-refractivity contribution in [1.29, 1.82) is 0 Å². The van der Waals surface area contributed by atoms with Crippen molar-refractivity contribution < 1.29 is 0 Å². The van der Waals surface area contributed by atoms with Crippen LogP contribution >= 0.6 is 0 Å². The van der Waals surface area contributed by atoms with Crippen LogP contribution in [0.2, 0.25) is 0 Å². The highest BCUT2D eigenvalue weighted by atomic mass is 15.1. The molecule has 1 atom stereocenters. The van der Waals surface area contributed by atoms with Crippen molar-refractivity contribution in [3.8, 4) is 0 Å². The Labute approximate surface area is 116 Å². The van der Waals surface area contributed by atoms with Crippen LogP contribution in [0.3, 0.4) is 0 Å². The average Bonchev–Trinajstić information content (AvgIpc) is 2.36. The fourth-order valence-electron chi connectivity index (χ4n) is 2.54. The largest absolute Gasteiger partial charge is 0.371 e. The minimum Gasteiger partial charge on any atom is -0.371 e. The van der Waals surface area contributed by atoms with Gasteiger partial charge in [-0.15, -0.1) is 0 Å². The first-order valence-electron chi connectivity index (χ1n) is 7.00. The van der Waals surface area contributed by atoms with Gasteiger partial charge in [0.15, 0.2) is 0 Å². The summed E-state index contributed by atoms with van der Waals surface area (Å²) in [6, 6.07) is 0. The Hall–Kier alpha value is -1.48. The van der Waals surface area contributed by atoms with E-state index in [4.69, 9.17) is 0 Å². The van der Waals surface area contributed by atoms with Crippen LogP contribution in [0.5, 0.6) is 0 Å². The van der Waals surface area contributed by atoms with Crippen LogP contribution < -0.4 is 10.6 Å². The summed E-state index contributed by atoms with van der Waals surface area (Å²) in [5, 5.41) is 7.01. The summed E-state index contributed by atoms with van der Waals surface area (Å²) in [5.74, 6) is 1.74. The smallest absolute Gasteiger partial charge is 0.103 e. The quantitative estimate of drug-likeness (QED) is 0.794. The third kappa shape index (κ3) is 3.74. The summed E-state index contributed by atoms with van der Waals surface area (Å²) in [7, 11) is 4.23. The highest BCUT2D eigenvalue weighted by Crippen LogP contribution is 2.25. The minimum atomic E-state index is 0.629. The SMILES string of the molecule is CC1=C2NC(NCC(C)CN(C)C)=CC=C2C=CC1. The van der Waals surface area contributed by atoms with Gasteiger partial charge < -0.3 is 15.5 Å². The summed E-state index contributed by atoms with van der Waals surface area (Å²) in [6.45, 7) is 6.55. The summed E-state index contributed by atoms with van der Waals surface area (Å²) < 4.78 is 0. The molecule has 0 aromatic carbocycles. The number of hydrogen-bond acceptors (Lipinski definition) is 3. The molecule has 0 saturated carbocycles. The third-order valence-electron chi connectivity index (χ3n) is 3.44. The summed E-state index contributed by atoms with van der Waals surface area (Å²) >= 11 is 0. The summed E-state index contributed by atoms with van der Waals surface area (Å²) in [6.07, 6.45) is 9.77. The minimum absolute atomic E-state index is 0.629. The molecule has 1 heterocycles. The lowest BCUT2D eigenvalue weighted by Crippen LogP contribution is -2.34. The molecule has 104 valence electrons. The Morgan fingerprint density at radius 3 is 2.89 bits per heavy atom. The number of dihydropyridines is 1. The van der Waals surface area contributed by atoms with Crippen molar-refractivity contribution in [2.75, 3.05) is 27.2 Å². The first kappa shape index (κ1) is 13.9. The van der Waals surface area contributed by atoms with Crippen LogP contribution in [0, 0.1) is 5.92 Å². The standard InChI is InChI=1S/C16H25N3/c1-12(11-19(3)4)10-17-15-9-8-14-7-5-6-13(2)16(14)18-15/h5,7-9,12,17-18H,6,10-11H2,1-4H3. The fraction of sp³-hybridized carbons (Fsp3) is 0.500. The second-order valence-electron chi connectivity index (χ2n) is 5.84. The Morgan fingerprint density at radius 1 is 1.37 bits per heavy atom. The second-order valence-corrected chi connectivity index (χ2v) is 5.84. The number of allylic oxidation sites excluding steroid dienone is 5. The molecule has 0 aromatic heterocycles. The van der Waals surface area contributed by atoms with Gasteiger partial charge in [0.25, 0.3) is 0 Å². The molecule has 0 spiro atoms. The molecule has 3 nitrogen and oxygen atoms in total. The molecular weight excluding hydrogens is 234 g/mol. The lowest BCUT2D eigenvalue weighted by Gasteiger charge is -2.26. The topological polar surface area (TPSA) is 27.3 Å². The lowest BCUT2D eigenvalue weighted by atomic mass is 9.97. The zero-order valence-electron chi connectivity index (χ0n) is 12.5. The molecule has 1 aliphatic carbocycles. The molecule has 0 bridgehead atoms. The molecule has 0 aromatic rings. The van der Waals surface area contributed by atoms with E-state index in [0.29, 0.717) is 5.92 Å². The van der Waals surface area contributed by atoms with Gasteiger partial charge in [0.1, 0.15) is 5.82 Å². The second kappa shape index (κ2) is 6.11. The molecule has 0 fully saturated rings. The highest BCUT2D eigenvalue weighted by Gasteiger charge is 2.15. The lowest BCUT2D eigenvalue weighted by molar-refractivity contribution is 0.334. The maximum Gasteiger partial charge on any atom is 0.103 e. The van der Waals surface area contributed by atoms with E-state index in [1.807, 2.05) is 0 Å². The number of nitrogens with zero attached hydrogens (tertiary/aromatic N) is 1. The Bertz CT molecular complexity index is 453. The van der Waals surface area contributed by atoms with Gasteiger partial charge in [0.05, 0.1) is 0 Å². The molecule has 1 aliphatic heterocycles. The first-order valence-corrected chi connectivity index (χ1v) is 7.00. The molecule has 0 amide bonds. The number of fused-ring (bicyclic) bond motifs is 1. The van der Waals surface area contributed by atoms with Gasteiger partial charge in [-0.1, -0.05) is 19.1 Å². The van der Waals surface area contributed by atoms with E-state index < -0.39 is 0 Å². The van der Waals surface area contributed by atoms with E-state index in [0.717, 1.165) is 25.3 Å². The van der Waals surface area contributed by atoms with Crippen LogP contribution in [0.1, 0.15) is 20.3 Å². The van der Waals surface area contributed by atoms with E-state index in [-0.39, 0.29) is 0 Å². The van der Waals surface area contributed by atoms with Gasteiger partial charge in [0, 0.05) is 18.8 Å². The molecule has 0 radical (unpaired) electrons. The first-order chi connectivity index (χ1) is 9.06. The molecule has 19 heavy (non-hydrogen) atoms. The molecule has 2 aliphatic rings. The molecule has 2 N–H and O–H groups in total. The van der Waals surface area contributed by atoms with E-state index in [1.54, 1.807) is 0 Å². The van der Waals surface area contributed by atoms with Crippen molar-refractivity contribution in [1.82, 2.24) is 15.5 Å². The molecule has 1 unspecified atom stereocenters. The maximum atomic E-state index is 3.51. The van der Waals surface area contributed by atoms with Crippen LogP contribution in [-0.4, -0.2) is 32.1 Å². The van der Waals surface area contributed by atoms with E-state index >= 15 is 0 Å². The zero-order valence-corrected chi connectivity index (χ0v) is 12.5. The summed E-state index contributed by atoms with van der Waals surface area (Å²) in [5.41, 5.74) is 3.96. The third-order valence-corrected chi connectivity index (χ3v) is 3.44. The Morgan fingerprint density at radius 2 is 2.16 bits per heavy atom. The van der Waals surface area contributed by atoms with Gasteiger partial charge in [-0.3, -0.25) is 0 Å². The normalized spacial score (nSPS) is 19.6. The predicted octanol–water partition coefficient (Wildman–Crippen LogP) is 2.38. The molecular formula is C16H25N3. The van der Waals surface area contributed by atoms with Crippen molar-refractivity contribution >= 4 is 0 Å². The highest BCUT2D eigenvalue weighted by molar-refractivity contribution is 5.50. The van der Waals surface area contributed by atoms with Gasteiger partial charge in [-0.05, 0) is 56.7 Å². The van der Waals surface area contributed by atoms with Crippen LogP contribution in [0.25, 0.3) is 0 Å². The Kier molecular flexibility index (Phi) is 4.48. The van der Waals surface area contributed by atoms with E-state index in [2.05, 4.69) is 67.8 Å². The van der Waals surface area contributed by atoms with Crippen molar-refractivity contribution in [3.05, 3.63) is 47.0 Å². The van der Waals surface area contributed by atoms with Crippen molar-refractivity contribution in [3.63, 3.8) is 0 Å². The van der Waals surface area contributed by atoms with Gasteiger partial charge in [-0.2, -0.15) is 0 Å². The monoisotopic (exact) mass is 259 g/mol. The van der Waals surface area contributed by atoms with Crippen molar-refractivity contribution in [2.45, 2.75) is 20.3 Å². The molecule has 2 rings (SSSR count). The van der Waals surface area contributed by atoms with Crippen LogP contribution in [0.15, 0.2) is 47.0 Å². The number of nitrogens with one attached hydrogen (secondary N) is 2. The molecule has 0 saturated heterocycles. The maximum absolute atomic E-state index is 3.51. The average molecular weight is 259 g/mol. The van der Waals surface area contributed by atoms with Gasteiger partial charge in [0.2, 0.25) is 0 Å². The van der Waals surface area contributed by atoms with Gasteiger partial charge in [-0.25, -0.2) is 0 Å². The van der Waals surface area contributed by atoms with Crippen LogP contribution in [-0.2, 0) is 0 Å². The van der Waals surface area contributed by atoms with Crippen molar-refractivity contribution in [2.24, 2.45) is 5.92 Å². The van der Waals surface area contributed by atoms with E-state index in [9.17, 15) is 0 Å². The fourth-order valence-corrected chi connectivity index (χ4v) is 2.54. The molecule has 3 heteroatoms. The number of rotatable bonds is 5. The van der Waals surface area contributed by atoms with E-state index in [1.165, 1.54) is 16.8 Å². The predicted molar refractivity (Wildman–Crippen MR) is 81.5 cm³/mol. The van der Waals surface area contributed by atoms with Gasteiger partial charge >= 0.3 is 0 Å².